The van der Waals surface area contributed by atoms with Crippen LogP contribution < -0.4 is 9.64 Å². The summed E-state index contributed by atoms with van der Waals surface area (Å²) in [6.07, 6.45) is 0.321. The van der Waals surface area contributed by atoms with E-state index in [9.17, 15) is 5.11 Å². The minimum absolute atomic E-state index is 0.583. The Morgan fingerprint density at radius 2 is 1.38 bits per heavy atom. The highest BCUT2D eigenvalue weighted by molar-refractivity contribution is 5.77. The fourth-order valence-electron chi connectivity index (χ4n) is 2.72. The summed E-state index contributed by atoms with van der Waals surface area (Å²) < 4.78 is 5.48. The number of anilines is 3. The number of nitrogens with zero attached hydrogens (tertiary/aromatic N) is 1. The number of hydrogen-bond donors (Lipinski definition) is 1. The Morgan fingerprint density at radius 3 is 1.88 bits per heavy atom. The van der Waals surface area contributed by atoms with Gasteiger partial charge < -0.3 is 14.7 Å². The van der Waals surface area contributed by atoms with Gasteiger partial charge in [0.1, 0.15) is 5.75 Å². The molecular weight excluding hydrogens is 322 g/mol. The van der Waals surface area contributed by atoms with Crippen LogP contribution in [0, 0.1) is 13.8 Å². The molecule has 26 heavy (non-hydrogen) atoms. The van der Waals surface area contributed by atoms with Gasteiger partial charge in [-0.3, -0.25) is 0 Å². The first-order chi connectivity index (χ1) is 12.6. The highest BCUT2D eigenvalue weighted by Crippen LogP contribution is 2.36. The Labute approximate surface area is 154 Å². The summed E-state index contributed by atoms with van der Waals surface area (Å²) in [5.74, 6) is 0.583. The first-order valence-corrected chi connectivity index (χ1v) is 8.57. The molecule has 0 heterocycles. The van der Waals surface area contributed by atoms with Gasteiger partial charge in [-0.1, -0.05) is 48.0 Å². The van der Waals surface area contributed by atoms with Crippen LogP contribution >= 0.6 is 0 Å². The van der Waals surface area contributed by atoms with Gasteiger partial charge in [0.2, 0.25) is 6.29 Å². The molecule has 3 nitrogen and oxygen atoms in total. The van der Waals surface area contributed by atoms with Crippen LogP contribution in [-0.2, 0) is 0 Å². The molecule has 0 aliphatic heterocycles. The monoisotopic (exact) mass is 345 g/mol. The third-order valence-electron chi connectivity index (χ3n) is 4.12. The van der Waals surface area contributed by atoms with Crippen LogP contribution in [0.4, 0.5) is 17.1 Å². The van der Waals surface area contributed by atoms with Gasteiger partial charge in [0, 0.05) is 23.1 Å². The maximum absolute atomic E-state index is 9.68. The molecule has 1 N–H and O–H groups in total. The zero-order valence-corrected chi connectivity index (χ0v) is 15.1. The molecule has 3 rings (SSSR count). The fraction of sp³-hybridized carbons (Fsp3) is 0.130. The molecule has 0 bridgehead atoms. The molecular formula is C23H23NO2. The van der Waals surface area contributed by atoms with Crippen molar-refractivity contribution < 1.29 is 9.84 Å². The number of benzene rings is 3. The maximum atomic E-state index is 9.68. The normalized spacial score (nSPS) is 11.7. The molecule has 132 valence electrons. The van der Waals surface area contributed by atoms with Gasteiger partial charge in [0.25, 0.3) is 0 Å². The third-order valence-corrected chi connectivity index (χ3v) is 4.12. The maximum Gasteiger partial charge on any atom is 0.216 e. The van der Waals surface area contributed by atoms with E-state index in [4.69, 9.17) is 4.74 Å². The van der Waals surface area contributed by atoms with Gasteiger partial charge in [-0.05, 0) is 56.3 Å². The van der Waals surface area contributed by atoms with Crippen LogP contribution in [0.25, 0.3) is 0 Å². The quantitative estimate of drug-likeness (QED) is 0.462. The summed E-state index contributed by atoms with van der Waals surface area (Å²) in [6, 6.07) is 24.4. The number of aryl methyl sites for hydroxylation is 2. The molecule has 0 saturated heterocycles. The summed E-state index contributed by atoms with van der Waals surface area (Å²) in [6.45, 7) is 7.69. The lowest BCUT2D eigenvalue weighted by atomic mass is 10.1. The van der Waals surface area contributed by atoms with Crippen molar-refractivity contribution in [3.8, 4) is 5.75 Å². The van der Waals surface area contributed by atoms with Gasteiger partial charge in [0.15, 0.2) is 0 Å². The predicted molar refractivity (Wildman–Crippen MR) is 107 cm³/mol. The zero-order chi connectivity index (χ0) is 18.5. The van der Waals surface area contributed by atoms with Crippen molar-refractivity contribution in [2.75, 3.05) is 4.90 Å². The number of hydrogen-bond acceptors (Lipinski definition) is 3. The Hall–Kier alpha value is -3.04. The molecule has 3 heteroatoms. The van der Waals surface area contributed by atoms with E-state index in [1.54, 1.807) is 0 Å². The van der Waals surface area contributed by atoms with E-state index in [0.717, 1.165) is 17.1 Å². The fourth-order valence-corrected chi connectivity index (χ4v) is 2.72. The average molecular weight is 345 g/mol. The van der Waals surface area contributed by atoms with Crippen LogP contribution in [0.5, 0.6) is 5.75 Å². The summed E-state index contributed by atoms with van der Waals surface area (Å²) in [4.78, 5) is 2.16. The minimum atomic E-state index is -1.03. The molecule has 0 amide bonds. The van der Waals surface area contributed by atoms with Crippen LogP contribution in [0.3, 0.4) is 0 Å². The van der Waals surface area contributed by atoms with Gasteiger partial charge >= 0.3 is 0 Å². The van der Waals surface area contributed by atoms with Crippen LogP contribution in [-0.4, -0.2) is 11.4 Å². The third kappa shape index (κ3) is 4.13. The van der Waals surface area contributed by atoms with Crippen molar-refractivity contribution in [3.63, 3.8) is 0 Å². The predicted octanol–water partition coefficient (Wildman–Crippen LogP) is 5.66. The van der Waals surface area contributed by atoms with Crippen molar-refractivity contribution in [3.05, 3.63) is 96.6 Å². The SMILES string of the molecule is C=CC(O)Oc1cccc(N(c2ccc(C)cc2)c2ccc(C)cc2)c1. The summed E-state index contributed by atoms with van der Waals surface area (Å²) in [7, 11) is 0. The van der Waals surface area contributed by atoms with E-state index in [1.165, 1.54) is 17.2 Å². The second-order valence-corrected chi connectivity index (χ2v) is 6.25. The van der Waals surface area contributed by atoms with Crippen molar-refractivity contribution in [2.24, 2.45) is 0 Å². The Bertz CT molecular complexity index is 824. The molecule has 0 aromatic heterocycles. The number of ether oxygens (including phenoxy) is 1. The molecule has 1 unspecified atom stereocenters. The Balaban J connectivity index is 2.05. The molecule has 3 aromatic carbocycles. The van der Waals surface area contributed by atoms with Gasteiger partial charge in [-0.15, -0.1) is 0 Å². The molecule has 0 aliphatic carbocycles. The van der Waals surface area contributed by atoms with Crippen molar-refractivity contribution in [1.82, 2.24) is 0 Å². The van der Waals surface area contributed by atoms with Gasteiger partial charge in [-0.25, -0.2) is 0 Å². The van der Waals surface area contributed by atoms with Gasteiger partial charge in [0.05, 0.1) is 0 Å². The second-order valence-electron chi connectivity index (χ2n) is 6.25. The molecule has 3 aromatic rings. The Kier molecular flexibility index (Phi) is 5.40. The first kappa shape index (κ1) is 17.8. The number of aliphatic hydroxyl groups excluding tert-OH is 1. The average Bonchev–Trinajstić information content (AvgIpc) is 2.65. The van der Waals surface area contributed by atoms with Crippen molar-refractivity contribution in [1.29, 1.82) is 0 Å². The standard InChI is InChI=1S/C23H23NO2/c1-4-23(25)26-22-7-5-6-21(16-22)24(19-12-8-17(2)9-13-19)20-14-10-18(3)11-15-20/h4-16,23,25H,1H2,2-3H3. The summed E-state index contributed by atoms with van der Waals surface area (Å²) in [5.41, 5.74) is 5.49. The lowest BCUT2D eigenvalue weighted by Crippen LogP contribution is -2.13. The summed E-state index contributed by atoms with van der Waals surface area (Å²) >= 11 is 0. The van der Waals surface area contributed by atoms with E-state index in [1.807, 2.05) is 24.3 Å². The number of aliphatic hydroxyl groups is 1. The van der Waals surface area contributed by atoms with E-state index in [-0.39, 0.29) is 0 Å². The van der Waals surface area contributed by atoms with E-state index < -0.39 is 6.29 Å². The number of rotatable bonds is 6. The first-order valence-electron chi connectivity index (χ1n) is 8.57. The smallest absolute Gasteiger partial charge is 0.216 e. The van der Waals surface area contributed by atoms with Crippen LogP contribution in [0.1, 0.15) is 11.1 Å². The highest BCUT2D eigenvalue weighted by Gasteiger charge is 2.13. The second kappa shape index (κ2) is 7.89. The lowest BCUT2D eigenvalue weighted by Gasteiger charge is -2.26. The largest absolute Gasteiger partial charge is 0.461 e. The molecule has 0 spiro atoms. The molecule has 0 saturated carbocycles. The molecule has 0 aliphatic rings. The molecule has 0 radical (unpaired) electrons. The summed E-state index contributed by atoms with van der Waals surface area (Å²) in [5, 5.41) is 9.68. The molecule has 1 atom stereocenters. The topological polar surface area (TPSA) is 32.7 Å². The Morgan fingerprint density at radius 1 is 0.846 bits per heavy atom. The van der Waals surface area contributed by atoms with Crippen molar-refractivity contribution >= 4 is 17.1 Å². The molecule has 0 fully saturated rings. The van der Waals surface area contributed by atoms with Gasteiger partial charge in [-0.2, -0.15) is 0 Å². The highest BCUT2D eigenvalue weighted by atomic mass is 16.6. The minimum Gasteiger partial charge on any atom is -0.461 e. The van der Waals surface area contributed by atoms with E-state index in [0.29, 0.717) is 5.75 Å². The van der Waals surface area contributed by atoms with Crippen LogP contribution in [0.2, 0.25) is 0 Å². The zero-order valence-electron chi connectivity index (χ0n) is 15.1. The van der Waals surface area contributed by atoms with E-state index >= 15 is 0 Å². The lowest BCUT2D eigenvalue weighted by molar-refractivity contribution is 0.0251. The van der Waals surface area contributed by atoms with E-state index in [2.05, 4.69) is 73.9 Å². The van der Waals surface area contributed by atoms with Crippen molar-refractivity contribution in [2.45, 2.75) is 20.1 Å². The van der Waals surface area contributed by atoms with Crippen LogP contribution in [0.15, 0.2) is 85.5 Å².